The summed E-state index contributed by atoms with van der Waals surface area (Å²) in [6.45, 7) is 7.62. The second kappa shape index (κ2) is 12.5. The number of hydrogen-bond acceptors (Lipinski definition) is 7. The molecular formula is C28H33N5O5. The number of carboxylic acid groups (broad SMARTS) is 1. The molecule has 0 aliphatic rings. The lowest BCUT2D eigenvalue weighted by Crippen LogP contribution is -2.37. The Bertz CT molecular complexity index is 1290. The predicted octanol–water partition coefficient (Wildman–Crippen LogP) is 4.54. The van der Waals surface area contributed by atoms with Gasteiger partial charge in [0.2, 0.25) is 0 Å². The molecule has 0 spiro atoms. The molecule has 0 aliphatic carbocycles. The normalized spacial score (nSPS) is 11.5. The van der Waals surface area contributed by atoms with Gasteiger partial charge in [0.1, 0.15) is 11.9 Å². The maximum absolute atomic E-state index is 13.5. The summed E-state index contributed by atoms with van der Waals surface area (Å²) in [6, 6.07) is 17.4. The summed E-state index contributed by atoms with van der Waals surface area (Å²) in [4.78, 5) is 25.0. The number of carboxylic acids is 1. The molecule has 7 N–H and O–H groups in total. The van der Waals surface area contributed by atoms with Crippen LogP contribution in [0.1, 0.15) is 55.2 Å². The maximum Gasteiger partial charge on any atom is 0.337 e. The third-order valence-electron chi connectivity index (χ3n) is 5.27. The van der Waals surface area contributed by atoms with Crippen molar-refractivity contribution in [3.05, 3.63) is 83.4 Å². The number of carbonyl (C=O) groups excluding carboxylic acids is 1. The van der Waals surface area contributed by atoms with E-state index in [0.717, 1.165) is 0 Å². The molecule has 0 aromatic heterocycles. The number of nitrogens with two attached hydrogens (primary N) is 1. The number of amidine groups is 1. The van der Waals surface area contributed by atoms with E-state index in [1.807, 2.05) is 27.7 Å². The zero-order chi connectivity index (χ0) is 27.8. The molecule has 3 aromatic rings. The monoisotopic (exact) mass is 519 g/mol. The van der Waals surface area contributed by atoms with Crippen LogP contribution in [0, 0.1) is 5.41 Å². The van der Waals surface area contributed by atoms with Crippen molar-refractivity contribution in [2.24, 2.45) is 5.73 Å². The molecule has 3 aromatic carbocycles. The number of ether oxygens (including phenoxy) is 2. The lowest BCUT2D eigenvalue weighted by Gasteiger charge is -2.23. The van der Waals surface area contributed by atoms with Gasteiger partial charge in [0.15, 0.2) is 11.5 Å². The minimum atomic E-state index is -1.13. The standard InChI is InChI=1S/C28H33N5O5/c1-16(2)37-23-14-11-19(15-24(23)38-17(3)4)25(31-20-12-9-18(10-13-20)26(29)30)27(34)33-32-22-8-6-5-7-21(22)28(35)36/h5-17,25,31-32H,1-4H3,(H3,29,30)(H,33,34)(H,35,36). The highest BCUT2D eigenvalue weighted by Gasteiger charge is 2.24. The van der Waals surface area contributed by atoms with Gasteiger partial charge in [-0.05, 0) is 81.8 Å². The smallest absolute Gasteiger partial charge is 0.337 e. The average molecular weight is 520 g/mol. The lowest BCUT2D eigenvalue weighted by atomic mass is 10.0. The number of rotatable bonds is 12. The fourth-order valence-corrected chi connectivity index (χ4v) is 3.59. The first kappa shape index (κ1) is 27.9. The fraction of sp³-hybridized carbons (Fsp3) is 0.250. The Labute approximate surface area is 221 Å². The molecule has 3 rings (SSSR count). The number of aromatic carboxylic acids is 1. The highest BCUT2D eigenvalue weighted by molar-refractivity contribution is 5.96. The minimum absolute atomic E-state index is 0.0138. The van der Waals surface area contributed by atoms with E-state index in [9.17, 15) is 14.7 Å². The van der Waals surface area contributed by atoms with Gasteiger partial charge in [-0.15, -0.1) is 0 Å². The van der Waals surface area contributed by atoms with Gasteiger partial charge in [-0.1, -0.05) is 18.2 Å². The van der Waals surface area contributed by atoms with Crippen LogP contribution < -0.4 is 31.4 Å². The van der Waals surface area contributed by atoms with Gasteiger partial charge in [-0.3, -0.25) is 21.1 Å². The third kappa shape index (κ3) is 7.39. The maximum atomic E-state index is 13.5. The summed E-state index contributed by atoms with van der Waals surface area (Å²) in [5, 5.41) is 20.2. The van der Waals surface area contributed by atoms with Gasteiger partial charge in [0, 0.05) is 11.3 Å². The first-order valence-electron chi connectivity index (χ1n) is 12.1. The van der Waals surface area contributed by atoms with Crippen LogP contribution >= 0.6 is 0 Å². The zero-order valence-corrected chi connectivity index (χ0v) is 21.7. The van der Waals surface area contributed by atoms with Crippen LogP contribution in [0.5, 0.6) is 11.5 Å². The first-order valence-corrected chi connectivity index (χ1v) is 12.1. The van der Waals surface area contributed by atoms with Crippen molar-refractivity contribution in [3.8, 4) is 11.5 Å². The van der Waals surface area contributed by atoms with Crippen molar-refractivity contribution in [1.29, 1.82) is 5.41 Å². The Morgan fingerprint density at radius 1 is 0.895 bits per heavy atom. The number of nitrogens with one attached hydrogen (secondary N) is 4. The van der Waals surface area contributed by atoms with Gasteiger partial charge in [0.05, 0.1) is 23.5 Å². The summed E-state index contributed by atoms with van der Waals surface area (Å²) in [5.41, 5.74) is 12.9. The van der Waals surface area contributed by atoms with E-state index in [4.69, 9.17) is 20.6 Å². The van der Waals surface area contributed by atoms with Crippen molar-refractivity contribution < 1.29 is 24.2 Å². The van der Waals surface area contributed by atoms with E-state index in [2.05, 4.69) is 16.2 Å². The van der Waals surface area contributed by atoms with Crippen LogP contribution in [0.3, 0.4) is 0 Å². The van der Waals surface area contributed by atoms with Gasteiger partial charge >= 0.3 is 5.97 Å². The molecule has 38 heavy (non-hydrogen) atoms. The van der Waals surface area contributed by atoms with Gasteiger partial charge in [-0.25, -0.2) is 4.79 Å². The molecule has 200 valence electrons. The van der Waals surface area contributed by atoms with Gasteiger partial charge in [-0.2, -0.15) is 0 Å². The molecule has 0 fully saturated rings. The summed E-state index contributed by atoms with van der Waals surface area (Å²) in [7, 11) is 0. The molecule has 10 nitrogen and oxygen atoms in total. The molecule has 1 atom stereocenters. The highest BCUT2D eigenvalue weighted by Crippen LogP contribution is 2.33. The van der Waals surface area contributed by atoms with Crippen LogP contribution in [0.15, 0.2) is 66.7 Å². The predicted molar refractivity (Wildman–Crippen MR) is 147 cm³/mol. The molecule has 1 unspecified atom stereocenters. The van der Waals surface area contributed by atoms with E-state index in [1.54, 1.807) is 60.7 Å². The van der Waals surface area contributed by atoms with Crippen molar-refractivity contribution >= 4 is 29.1 Å². The number of para-hydroxylation sites is 1. The largest absolute Gasteiger partial charge is 0.487 e. The summed E-state index contributed by atoms with van der Waals surface area (Å²) in [5.74, 6) is -0.631. The van der Waals surface area contributed by atoms with Crippen molar-refractivity contribution in [2.75, 3.05) is 10.7 Å². The van der Waals surface area contributed by atoms with Crippen molar-refractivity contribution in [3.63, 3.8) is 0 Å². The summed E-state index contributed by atoms with van der Waals surface area (Å²) in [6.07, 6.45) is -0.209. The van der Waals surface area contributed by atoms with Crippen LogP contribution in [-0.2, 0) is 4.79 Å². The van der Waals surface area contributed by atoms with Crippen LogP contribution in [0.2, 0.25) is 0 Å². The second-order valence-corrected chi connectivity index (χ2v) is 9.07. The van der Waals surface area contributed by atoms with Crippen LogP contribution in [-0.4, -0.2) is 35.0 Å². The molecular weight excluding hydrogens is 486 g/mol. The molecule has 0 heterocycles. The number of amides is 1. The quantitative estimate of drug-likeness (QED) is 0.116. The Balaban J connectivity index is 1.95. The van der Waals surface area contributed by atoms with E-state index in [0.29, 0.717) is 28.3 Å². The van der Waals surface area contributed by atoms with E-state index in [-0.39, 0.29) is 29.3 Å². The SMILES string of the molecule is CC(C)Oc1ccc(C(Nc2ccc(C(=N)N)cc2)C(=O)NNc2ccccc2C(=O)O)cc1OC(C)C. The Morgan fingerprint density at radius 3 is 2.13 bits per heavy atom. The Morgan fingerprint density at radius 2 is 1.53 bits per heavy atom. The number of hydrazine groups is 1. The lowest BCUT2D eigenvalue weighted by molar-refractivity contribution is -0.121. The second-order valence-electron chi connectivity index (χ2n) is 9.07. The minimum Gasteiger partial charge on any atom is -0.487 e. The van der Waals surface area contributed by atoms with Crippen LogP contribution in [0.4, 0.5) is 11.4 Å². The van der Waals surface area contributed by atoms with Crippen molar-refractivity contribution in [1.82, 2.24) is 5.43 Å². The highest BCUT2D eigenvalue weighted by atomic mass is 16.5. The number of benzene rings is 3. The molecule has 1 amide bonds. The topological polar surface area (TPSA) is 159 Å². The van der Waals surface area contributed by atoms with Gasteiger partial charge < -0.3 is 25.6 Å². The molecule has 0 saturated heterocycles. The van der Waals surface area contributed by atoms with Gasteiger partial charge in [0.25, 0.3) is 5.91 Å². The number of anilines is 2. The third-order valence-corrected chi connectivity index (χ3v) is 5.27. The average Bonchev–Trinajstić information content (AvgIpc) is 2.86. The number of carbonyl (C=O) groups is 2. The fourth-order valence-electron chi connectivity index (χ4n) is 3.59. The number of nitrogen functional groups attached to an aromatic ring is 1. The zero-order valence-electron chi connectivity index (χ0n) is 21.7. The molecule has 0 aliphatic heterocycles. The molecule has 0 radical (unpaired) electrons. The van der Waals surface area contributed by atoms with E-state index >= 15 is 0 Å². The van der Waals surface area contributed by atoms with E-state index in [1.165, 1.54) is 6.07 Å². The molecule has 0 bridgehead atoms. The van der Waals surface area contributed by atoms with Crippen LogP contribution in [0.25, 0.3) is 0 Å². The van der Waals surface area contributed by atoms with E-state index < -0.39 is 17.9 Å². The Hall–Kier alpha value is -4.73. The Kier molecular flexibility index (Phi) is 9.15. The number of hydrogen-bond donors (Lipinski definition) is 6. The summed E-state index contributed by atoms with van der Waals surface area (Å²) >= 11 is 0. The first-order chi connectivity index (χ1) is 18.0. The summed E-state index contributed by atoms with van der Waals surface area (Å²) < 4.78 is 11.9. The van der Waals surface area contributed by atoms with Crippen molar-refractivity contribution in [2.45, 2.75) is 45.9 Å². The molecule has 0 saturated carbocycles. The molecule has 10 heteroatoms.